The standard InChI is InChI=1S/C14H22N2O/c1-11-5-3-4-6-13(11)16(2)14-9-15-8-7-12(14)10-17/h7-9,11,13,17H,3-6,10H2,1-2H3. The minimum Gasteiger partial charge on any atom is -0.392 e. The second-order valence-electron chi connectivity index (χ2n) is 5.10. The lowest BCUT2D eigenvalue weighted by Crippen LogP contribution is -2.39. The predicted molar refractivity (Wildman–Crippen MR) is 70.0 cm³/mol. The van der Waals surface area contributed by atoms with Crippen molar-refractivity contribution in [2.45, 2.75) is 45.3 Å². The number of rotatable bonds is 3. The van der Waals surface area contributed by atoms with Gasteiger partial charge >= 0.3 is 0 Å². The molecule has 3 nitrogen and oxygen atoms in total. The molecule has 1 aliphatic carbocycles. The van der Waals surface area contributed by atoms with Crippen molar-refractivity contribution in [3.63, 3.8) is 0 Å². The van der Waals surface area contributed by atoms with Crippen LogP contribution in [0, 0.1) is 5.92 Å². The van der Waals surface area contributed by atoms with Gasteiger partial charge in [-0.3, -0.25) is 4.98 Å². The van der Waals surface area contributed by atoms with E-state index in [2.05, 4.69) is 23.9 Å². The SMILES string of the molecule is CC1CCCCC1N(C)c1cnccc1CO. The first kappa shape index (κ1) is 12.4. The third-order valence-corrected chi connectivity index (χ3v) is 4.00. The van der Waals surface area contributed by atoms with Crippen molar-refractivity contribution >= 4 is 5.69 Å². The Bertz CT molecular complexity index is 367. The van der Waals surface area contributed by atoms with Gasteiger partial charge in [-0.2, -0.15) is 0 Å². The molecule has 3 heteroatoms. The van der Waals surface area contributed by atoms with Gasteiger partial charge in [-0.15, -0.1) is 0 Å². The molecule has 0 aromatic carbocycles. The zero-order valence-corrected chi connectivity index (χ0v) is 10.8. The molecule has 1 N–H and O–H groups in total. The highest BCUT2D eigenvalue weighted by molar-refractivity contribution is 5.51. The molecule has 1 saturated carbocycles. The average Bonchev–Trinajstić information content (AvgIpc) is 2.38. The summed E-state index contributed by atoms with van der Waals surface area (Å²) in [6, 6.07) is 2.48. The Morgan fingerprint density at radius 1 is 1.41 bits per heavy atom. The van der Waals surface area contributed by atoms with E-state index >= 15 is 0 Å². The van der Waals surface area contributed by atoms with Crippen LogP contribution in [0.15, 0.2) is 18.5 Å². The van der Waals surface area contributed by atoms with E-state index in [1.807, 2.05) is 12.3 Å². The Balaban J connectivity index is 2.20. The Labute approximate surface area is 103 Å². The van der Waals surface area contributed by atoms with E-state index in [9.17, 15) is 5.11 Å². The maximum absolute atomic E-state index is 9.38. The lowest BCUT2D eigenvalue weighted by molar-refractivity contribution is 0.280. The summed E-state index contributed by atoms with van der Waals surface area (Å²) in [6.07, 6.45) is 8.83. The Morgan fingerprint density at radius 2 is 2.18 bits per heavy atom. The Kier molecular flexibility index (Phi) is 4.00. The summed E-state index contributed by atoms with van der Waals surface area (Å²) in [5.74, 6) is 0.723. The van der Waals surface area contributed by atoms with Crippen LogP contribution in [0.5, 0.6) is 0 Å². The van der Waals surface area contributed by atoms with Crippen molar-refractivity contribution in [1.82, 2.24) is 4.98 Å². The lowest BCUT2D eigenvalue weighted by atomic mass is 9.85. The number of hydrogen-bond donors (Lipinski definition) is 1. The van der Waals surface area contributed by atoms with Crippen LogP contribution in [0.2, 0.25) is 0 Å². The molecule has 1 aliphatic rings. The van der Waals surface area contributed by atoms with Crippen molar-refractivity contribution in [2.24, 2.45) is 5.92 Å². The number of pyridine rings is 1. The molecule has 1 fully saturated rings. The summed E-state index contributed by atoms with van der Waals surface area (Å²) in [5, 5.41) is 9.38. The highest BCUT2D eigenvalue weighted by Crippen LogP contribution is 2.31. The zero-order chi connectivity index (χ0) is 12.3. The molecule has 2 atom stereocenters. The summed E-state index contributed by atoms with van der Waals surface area (Å²) in [5.41, 5.74) is 2.05. The van der Waals surface area contributed by atoms with Gasteiger partial charge in [0.1, 0.15) is 0 Å². The molecule has 94 valence electrons. The molecule has 2 unspecified atom stereocenters. The molecule has 1 heterocycles. The van der Waals surface area contributed by atoms with E-state index in [-0.39, 0.29) is 6.61 Å². The molecule has 0 spiro atoms. The number of hydrogen-bond acceptors (Lipinski definition) is 3. The summed E-state index contributed by atoms with van der Waals surface area (Å²) < 4.78 is 0. The van der Waals surface area contributed by atoms with Gasteiger partial charge in [-0.25, -0.2) is 0 Å². The fraction of sp³-hybridized carbons (Fsp3) is 0.643. The molecule has 2 rings (SSSR count). The van der Waals surface area contributed by atoms with Gasteiger partial charge in [0.05, 0.1) is 18.5 Å². The average molecular weight is 234 g/mol. The van der Waals surface area contributed by atoms with Crippen LogP contribution < -0.4 is 4.90 Å². The quantitative estimate of drug-likeness (QED) is 0.873. The van der Waals surface area contributed by atoms with Crippen LogP contribution in [0.4, 0.5) is 5.69 Å². The first-order valence-electron chi connectivity index (χ1n) is 6.50. The van der Waals surface area contributed by atoms with E-state index in [1.165, 1.54) is 25.7 Å². The summed E-state index contributed by atoms with van der Waals surface area (Å²) >= 11 is 0. The number of anilines is 1. The zero-order valence-electron chi connectivity index (χ0n) is 10.8. The minimum atomic E-state index is 0.0866. The second-order valence-corrected chi connectivity index (χ2v) is 5.10. The van der Waals surface area contributed by atoms with Crippen LogP contribution in [-0.2, 0) is 6.61 Å². The maximum Gasteiger partial charge on any atom is 0.0703 e. The smallest absolute Gasteiger partial charge is 0.0703 e. The van der Waals surface area contributed by atoms with Crippen molar-refractivity contribution in [2.75, 3.05) is 11.9 Å². The predicted octanol–water partition coefficient (Wildman–Crippen LogP) is 2.59. The van der Waals surface area contributed by atoms with Crippen molar-refractivity contribution in [3.05, 3.63) is 24.0 Å². The highest BCUT2D eigenvalue weighted by Gasteiger charge is 2.26. The van der Waals surface area contributed by atoms with E-state index in [0.717, 1.165) is 17.2 Å². The molecular weight excluding hydrogens is 212 g/mol. The normalized spacial score (nSPS) is 24.6. The lowest BCUT2D eigenvalue weighted by Gasteiger charge is -2.38. The molecule has 0 bridgehead atoms. The Morgan fingerprint density at radius 3 is 2.88 bits per heavy atom. The van der Waals surface area contributed by atoms with Gasteiger partial charge in [0.2, 0.25) is 0 Å². The molecule has 0 amide bonds. The van der Waals surface area contributed by atoms with Gasteiger partial charge in [0.25, 0.3) is 0 Å². The Hall–Kier alpha value is -1.09. The summed E-state index contributed by atoms with van der Waals surface area (Å²) in [4.78, 5) is 6.49. The molecule has 1 aromatic rings. The monoisotopic (exact) mass is 234 g/mol. The van der Waals surface area contributed by atoms with E-state index in [4.69, 9.17) is 0 Å². The fourth-order valence-electron chi connectivity index (χ4n) is 2.92. The van der Waals surface area contributed by atoms with Gasteiger partial charge in [-0.1, -0.05) is 19.8 Å². The summed E-state index contributed by atoms with van der Waals surface area (Å²) in [6.45, 7) is 2.42. The third kappa shape index (κ3) is 2.60. The van der Waals surface area contributed by atoms with Crippen molar-refractivity contribution in [3.8, 4) is 0 Å². The molecule has 17 heavy (non-hydrogen) atoms. The van der Waals surface area contributed by atoms with Crippen LogP contribution >= 0.6 is 0 Å². The van der Waals surface area contributed by atoms with Gasteiger partial charge < -0.3 is 10.0 Å². The molecule has 0 aliphatic heterocycles. The second kappa shape index (κ2) is 5.50. The highest BCUT2D eigenvalue weighted by atomic mass is 16.3. The van der Waals surface area contributed by atoms with Gasteiger partial charge in [0.15, 0.2) is 0 Å². The number of nitrogens with zero attached hydrogens (tertiary/aromatic N) is 2. The van der Waals surface area contributed by atoms with Gasteiger partial charge in [0, 0.05) is 24.8 Å². The molecule has 1 aromatic heterocycles. The fourth-order valence-corrected chi connectivity index (χ4v) is 2.92. The number of aromatic nitrogens is 1. The molecule has 0 saturated heterocycles. The first-order valence-corrected chi connectivity index (χ1v) is 6.50. The number of aliphatic hydroxyl groups is 1. The minimum absolute atomic E-state index is 0.0866. The third-order valence-electron chi connectivity index (χ3n) is 4.00. The van der Waals surface area contributed by atoms with Crippen LogP contribution in [0.1, 0.15) is 38.2 Å². The topological polar surface area (TPSA) is 36.4 Å². The number of aliphatic hydroxyl groups excluding tert-OH is 1. The van der Waals surface area contributed by atoms with Crippen molar-refractivity contribution < 1.29 is 5.11 Å². The largest absolute Gasteiger partial charge is 0.392 e. The van der Waals surface area contributed by atoms with E-state index in [0.29, 0.717) is 6.04 Å². The van der Waals surface area contributed by atoms with E-state index in [1.54, 1.807) is 6.20 Å². The van der Waals surface area contributed by atoms with Crippen LogP contribution in [0.3, 0.4) is 0 Å². The van der Waals surface area contributed by atoms with Crippen LogP contribution in [0.25, 0.3) is 0 Å². The van der Waals surface area contributed by atoms with Crippen molar-refractivity contribution in [1.29, 1.82) is 0 Å². The maximum atomic E-state index is 9.38. The molecular formula is C14H22N2O. The van der Waals surface area contributed by atoms with E-state index < -0.39 is 0 Å². The van der Waals surface area contributed by atoms with Crippen LogP contribution in [-0.4, -0.2) is 23.2 Å². The van der Waals surface area contributed by atoms with Gasteiger partial charge in [-0.05, 0) is 24.8 Å². The summed E-state index contributed by atoms with van der Waals surface area (Å²) in [7, 11) is 2.13. The molecule has 0 radical (unpaired) electrons. The first-order chi connectivity index (χ1) is 8.24.